The average Bonchev–Trinajstić information content (AvgIpc) is 2.33. The van der Waals surface area contributed by atoms with E-state index in [0.29, 0.717) is 11.6 Å². The van der Waals surface area contributed by atoms with E-state index in [4.69, 9.17) is 10.5 Å². The molecule has 0 atom stereocenters. The maximum absolute atomic E-state index is 5.57. The largest absolute Gasteiger partial charge is 0.439 e. The number of ether oxygens (including phenoxy) is 1. The lowest BCUT2D eigenvalue weighted by atomic mass is 10.2. The summed E-state index contributed by atoms with van der Waals surface area (Å²) in [7, 11) is 0. The van der Waals surface area contributed by atoms with Crippen molar-refractivity contribution in [1.82, 2.24) is 4.98 Å². The molecular weight excluding hydrogens is 200 g/mol. The molecule has 3 heteroatoms. The Hall–Kier alpha value is -2.03. The van der Waals surface area contributed by atoms with Crippen molar-refractivity contribution in [2.24, 2.45) is 0 Å². The van der Waals surface area contributed by atoms with Crippen molar-refractivity contribution in [2.75, 3.05) is 5.73 Å². The van der Waals surface area contributed by atoms with Crippen LogP contribution in [0.3, 0.4) is 0 Å². The fraction of sp³-hybridized carbons (Fsp3) is 0.154. The summed E-state index contributed by atoms with van der Waals surface area (Å²) in [4.78, 5) is 4.07. The molecule has 0 fully saturated rings. The molecule has 1 aromatic heterocycles. The number of rotatable bonds is 3. The van der Waals surface area contributed by atoms with Gasteiger partial charge in [0.25, 0.3) is 0 Å². The summed E-state index contributed by atoms with van der Waals surface area (Å²) in [6, 6.07) is 11.5. The van der Waals surface area contributed by atoms with Gasteiger partial charge in [0.05, 0.1) is 11.9 Å². The molecule has 0 aliphatic heterocycles. The van der Waals surface area contributed by atoms with E-state index in [1.165, 1.54) is 5.56 Å². The van der Waals surface area contributed by atoms with Gasteiger partial charge in [0.1, 0.15) is 5.75 Å². The summed E-state index contributed by atoms with van der Waals surface area (Å²) >= 11 is 0. The van der Waals surface area contributed by atoms with E-state index in [1.54, 1.807) is 18.3 Å². The molecule has 2 aromatic rings. The van der Waals surface area contributed by atoms with Crippen LogP contribution in [0.2, 0.25) is 0 Å². The molecule has 0 aliphatic carbocycles. The van der Waals surface area contributed by atoms with Crippen molar-refractivity contribution < 1.29 is 4.74 Å². The molecule has 1 heterocycles. The lowest BCUT2D eigenvalue weighted by molar-refractivity contribution is 0.463. The third-order valence-electron chi connectivity index (χ3n) is 2.31. The van der Waals surface area contributed by atoms with Gasteiger partial charge in [-0.05, 0) is 30.2 Å². The van der Waals surface area contributed by atoms with Crippen molar-refractivity contribution in [3.05, 3.63) is 48.2 Å². The molecule has 0 spiro atoms. The van der Waals surface area contributed by atoms with Crippen molar-refractivity contribution in [1.29, 1.82) is 0 Å². The number of nitrogen functional groups attached to an aromatic ring is 1. The first-order valence-corrected chi connectivity index (χ1v) is 5.26. The second-order valence-electron chi connectivity index (χ2n) is 3.53. The van der Waals surface area contributed by atoms with Gasteiger partial charge >= 0.3 is 0 Å². The molecule has 0 amide bonds. The Morgan fingerprint density at radius 2 is 1.88 bits per heavy atom. The van der Waals surface area contributed by atoms with E-state index in [1.807, 2.05) is 24.3 Å². The van der Waals surface area contributed by atoms with Gasteiger partial charge in [-0.3, -0.25) is 0 Å². The highest BCUT2D eigenvalue weighted by molar-refractivity contribution is 5.37. The Morgan fingerprint density at radius 1 is 1.12 bits per heavy atom. The first-order chi connectivity index (χ1) is 7.78. The molecule has 0 radical (unpaired) electrons. The molecule has 0 aliphatic rings. The van der Waals surface area contributed by atoms with Gasteiger partial charge in [0.2, 0.25) is 5.88 Å². The molecule has 3 nitrogen and oxygen atoms in total. The number of pyridine rings is 1. The summed E-state index contributed by atoms with van der Waals surface area (Å²) in [6.45, 7) is 2.12. The number of hydrogen-bond acceptors (Lipinski definition) is 3. The number of nitrogens with zero attached hydrogens (tertiary/aromatic N) is 1. The highest BCUT2D eigenvalue weighted by Gasteiger charge is 1.98. The first-order valence-electron chi connectivity index (χ1n) is 5.26. The fourth-order valence-corrected chi connectivity index (χ4v) is 1.37. The maximum Gasteiger partial charge on any atom is 0.219 e. The van der Waals surface area contributed by atoms with Gasteiger partial charge in [-0.2, -0.15) is 0 Å². The summed E-state index contributed by atoms with van der Waals surface area (Å²) in [5.41, 5.74) is 7.46. The minimum atomic E-state index is 0.554. The van der Waals surface area contributed by atoms with E-state index in [9.17, 15) is 0 Å². The zero-order valence-electron chi connectivity index (χ0n) is 9.18. The number of aromatic nitrogens is 1. The Bertz CT molecular complexity index is 448. The highest BCUT2D eigenvalue weighted by atomic mass is 16.5. The molecule has 0 unspecified atom stereocenters. The van der Waals surface area contributed by atoms with Crippen LogP contribution in [0.4, 0.5) is 5.69 Å². The van der Waals surface area contributed by atoms with E-state index in [0.717, 1.165) is 12.2 Å². The Morgan fingerprint density at radius 3 is 2.44 bits per heavy atom. The molecule has 2 N–H and O–H groups in total. The van der Waals surface area contributed by atoms with Gasteiger partial charge in [0, 0.05) is 6.07 Å². The maximum atomic E-state index is 5.57. The molecule has 82 valence electrons. The van der Waals surface area contributed by atoms with Gasteiger partial charge in [-0.15, -0.1) is 0 Å². The van der Waals surface area contributed by atoms with Crippen LogP contribution >= 0.6 is 0 Å². The third kappa shape index (κ3) is 2.51. The highest BCUT2D eigenvalue weighted by Crippen LogP contribution is 2.20. The van der Waals surface area contributed by atoms with E-state index in [-0.39, 0.29) is 0 Å². The monoisotopic (exact) mass is 214 g/mol. The number of benzene rings is 1. The zero-order valence-corrected chi connectivity index (χ0v) is 9.18. The normalized spacial score (nSPS) is 10.1. The summed E-state index contributed by atoms with van der Waals surface area (Å²) in [5.74, 6) is 1.34. The van der Waals surface area contributed by atoms with E-state index < -0.39 is 0 Å². The predicted molar refractivity (Wildman–Crippen MR) is 64.5 cm³/mol. The van der Waals surface area contributed by atoms with Crippen LogP contribution in [0, 0.1) is 0 Å². The van der Waals surface area contributed by atoms with Crippen LogP contribution in [0.25, 0.3) is 0 Å². The van der Waals surface area contributed by atoms with Crippen LogP contribution in [-0.4, -0.2) is 4.98 Å². The Kier molecular flexibility index (Phi) is 3.05. The molecule has 0 bridgehead atoms. The standard InChI is InChI=1S/C13H14N2O/c1-2-10-3-6-12(7-4-10)16-13-8-5-11(14)9-15-13/h3-9H,2,14H2,1H3. The lowest BCUT2D eigenvalue weighted by Crippen LogP contribution is -1.90. The van der Waals surface area contributed by atoms with Crippen molar-refractivity contribution in [3.63, 3.8) is 0 Å². The van der Waals surface area contributed by atoms with Crippen molar-refractivity contribution >= 4 is 5.69 Å². The molecule has 0 saturated carbocycles. The third-order valence-corrected chi connectivity index (χ3v) is 2.31. The second kappa shape index (κ2) is 4.66. The topological polar surface area (TPSA) is 48.1 Å². The fourth-order valence-electron chi connectivity index (χ4n) is 1.37. The Balaban J connectivity index is 2.11. The summed E-state index contributed by atoms with van der Waals surface area (Å²) in [5, 5.41) is 0. The molecule has 0 saturated heterocycles. The van der Waals surface area contributed by atoms with Crippen molar-refractivity contribution in [2.45, 2.75) is 13.3 Å². The van der Waals surface area contributed by atoms with Crippen LogP contribution in [-0.2, 0) is 6.42 Å². The predicted octanol–water partition coefficient (Wildman–Crippen LogP) is 3.02. The SMILES string of the molecule is CCc1ccc(Oc2ccc(N)cn2)cc1. The number of hydrogen-bond donors (Lipinski definition) is 1. The summed E-state index contributed by atoms with van der Waals surface area (Å²) < 4.78 is 5.57. The summed E-state index contributed by atoms with van der Waals surface area (Å²) in [6.07, 6.45) is 2.61. The van der Waals surface area contributed by atoms with Crippen LogP contribution in [0.15, 0.2) is 42.6 Å². The van der Waals surface area contributed by atoms with Crippen LogP contribution in [0.1, 0.15) is 12.5 Å². The Labute approximate surface area is 94.9 Å². The number of nitrogens with two attached hydrogens (primary N) is 1. The van der Waals surface area contributed by atoms with E-state index >= 15 is 0 Å². The molecule has 1 aromatic carbocycles. The second-order valence-corrected chi connectivity index (χ2v) is 3.53. The first kappa shape index (κ1) is 10.5. The van der Waals surface area contributed by atoms with Gasteiger partial charge < -0.3 is 10.5 Å². The number of anilines is 1. The van der Waals surface area contributed by atoms with E-state index in [2.05, 4.69) is 11.9 Å². The minimum Gasteiger partial charge on any atom is -0.439 e. The molecule has 2 rings (SSSR count). The van der Waals surface area contributed by atoms with Gasteiger partial charge in [-0.1, -0.05) is 19.1 Å². The smallest absolute Gasteiger partial charge is 0.219 e. The quantitative estimate of drug-likeness (QED) is 0.854. The van der Waals surface area contributed by atoms with Crippen LogP contribution in [0.5, 0.6) is 11.6 Å². The minimum absolute atomic E-state index is 0.554. The van der Waals surface area contributed by atoms with Gasteiger partial charge in [-0.25, -0.2) is 4.98 Å². The number of aryl methyl sites for hydroxylation is 1. The molecular formula is C13H14N2O. The van der Waals surface area contributed by atoms with Crippen molar-refractivity contribution in [3.8, 4) is 11.6 Å². The van der Waals surface area contributed by atoms with Gasteiger partial charge in [0.15, 0.2) is 0 Å². The zero-order chi connectivity index (χ0) is 11.4. The lowest BCUT2D eigenvalue weighted by Gasteiger charge is -2.05. The average molecular weight is 214 g/mol. The van der Waals surface area contributed by atoms with Crippen LogP contribution < -0.4 is 10.5 Å². The molecule has 16 heavy (non-hydrogen) atoms.